The van der Waals surface area contributed by atoms with E-state index < -0.39 is 11.0 Å². The first-order valence-electron chi connectivity index (χ1n) is 6.52. The van der Waals surface area contributed by atoms with Crippen molar-refractivity contribution in [3.63, 3.8) is 0 Å². The highest BCUT2D eigenvalue weighted by molar-refractivity contribution is 5.51. The number of aliphatic hydroxyl groups excluding tert-OH is 1. The van der Waals surface area contributed by atoms with E-state index in [1.807, 2.05) is 13.8 Å². The molecule has 3 rings (SSSR count). The van der Waals surface area contributed by atoms with E-state index in [4.69, 9.17) is 0 Å². The highest BCUT2D eigenvalue weighted by Gasteiger charge is 2.77. The summed E-state index contributed by atoms with van der Waals surface area (Å²) in [5.74, 6) is 0.867. The number of rotatable bonds is 0. The van der Waals surface area contributed by atoms with Gasteiger partial charge in [0.25, 0.3) is 0 Å². The Bertz CT molecular complexity index is 471. The van der Waals surface area contributed by atoms with Gasteiger partial charge in [0.1, 0.15) is 5.76 Å². The van der Waals surface area contributed by atoms with Gasteiger partial charge in [-0.05, 0) is 37.2 Å². The van der Waals surface area contributed by atoms with Crippen molar-refractivity contribution in [1.82, 2.24) is 0 Å². The van der Waals surface area contributed by atoms with Crippen molar-refractivity contribution in [1.29, 1.82) is 0 Å². The Balaban J connectivity index is 2.36. The summed E-state index contributed by atoms with van der Waals surface area (Å²) in [6.07, 6.45) is 3.04. The summed E-state index contributed by atoms with van der Waals surface area (Å²) in [4.78, 5) is 0. The van der Waals surface area contributed by atoms with E-state index in [9.17, 15) is 10.2 Å². The van der Waals surface area contributed by atoms with E-state index >= 15 is 0 Å². The monoisotopic (exact) mass is 234 g/mol. The van der Waals surface area contributed by atoms with E-state index in [2.05, 4.69) is 26.8 Å². The van der Waals surface area contributed by atoms with Gasteiger partial charge in [0.15, 0.2) is 0 Å². The Kier molecular flexibility index (Phi) is 1.76. The smallest absolute Gasteiger partial charge is 0.105 e. The normalized spacial score (nSPS) is 50.8. The van der Waals surface area contributed by atoms with Crippen LogP contribution < -0.4 is 0 Å². The Morgan fingerprint density at radius 3 is 2.35 bits per heavy atom. The Morgan fingerprint density at radius 1 is 1.29 bits per heavy atom. The van der Waals surface area contributed by atoms with Gasteiger partial charge >= 0.3 is 0 Å². The first-order valence-corrected chi connectivity index (χ1v) is 6.52. The van der Waals surface area contributed by atoms with Crippen molar-refractivity contribution in [2.24, 2.45) is 22.7 Å². The van der Waals surface area contributed by atoms with Crippen molar-refractivity contribution in [3.8, 4) is 0 Å². The zero-order valence-electron chi connectivity index (χ0n) is 11.3. The fourth-order valence-corrected chi connectivity index (χ4v) is 5.18. The second kappa shape index (κ2) is 2.64. The summed E-state index contributed by atoms with van der Waals surface area (Å²) < 4.78 is 0. The van der Waals surface area contributed by atoms with Crippen LogP contribution in [0.15, 0.2) is 23.0 Å². The number of aliphatic hydroxyl groups is 2. The average Bonchev–Trinajstić information content (AvgIpc) is 2.60. The molecule has 1 saturated carbocycles. The maximum atomic E-state index is 11.2. The van der Waals surface area contributed by atoms with Crippen LogP contribution in [0.4, 0.5) is 0 Å². The Hall–Kier alpha value is -0.760. The fraction of sp³-hybridized carbons (Fsp3) is 0.733. The van der Waals surface area contributed by atoms with Crippen molar-refractivity contribution < 1.29 is 10.2 Å². The number of allylic oxidation sites excluding steroid dienone is 1. The molecule has 0 aliphatic heterocycles. The lowest BCUT2D eigenvalue weighted by Crippen LogP contribution is -2.51. The molecule has 3 aliphatic rings. The summed E-state index contributed by atoms with van der Waals surface area (Å²) in [5, 5.41) is 21.9. The molecule has 2 heteroatoms. The van der Waals surface area contributed by atoms with Crippen molar-refractivity contribution in [2.75, 3.05) is 0 Å². The third-order valence-corrected chi connectivity index (χ3v) is 6.21. The predicted octanol–water partition coefficient (Wildman–Crippen LogP) is 3.19. The second-order valence-electron chi connectivity index (χ2n) is 6.81. The minimum Gasteiger partial charge on any atom is -0.511 e. The molecule has 0 saturated heterocycles. The molecule has 1 fully saturated rings. The molecule has 0 radical (unpaired) electrons. The molecule has 4 atom stereocenters. The molecule has 1 spiro atoms. The summed E-state index contributed by atoms with van der Waals surface area (Å²) in [5.41, 5.74) is 0.723. The maximum absolute atomic E-state index is 11.2. The van der Waals surface area contributed by atoms with Gasteiger partial charge < -0.3 is 10.2 Å². The van der Waals surface area contributed by atoms with Crippen LogP contribution >= 0.6 is 0 Å². The molecule has 0 heterocycles. The van der Waals surface area contributed by atoms with Crippen LogP contribution in [-0.4, -0.2) is 15.8 Å². The van der Waals surface area contributed by atoms with Crippen molar-refractivity contribution in [3.05, 3.63) is 23.0 Å². The Morgan fingerprint density at radius 2 is 1.88 bits per heavy atom. The lowest BCUT2D eigenvalue weighted by molar-refractivity contribution is -0.0791. The highest BCUT2D eigenvalue weighted by Crippen LogP contribution is 2.76. The fourth-order valence-electron chi connectivity index (χ4n) is 5.18. The molecule has 0 aromatic rings. The molecule has 94 valence electrons. The topological polar surface area (TPSA) is 40.5 Å². The summed E-state index contributed by atoms with van der Waals surface area (Å²) >= 11 is 0. The molecular formula is C15H22O2. The average molecular weight is 234 g/mol. The standard InChI is InChI=1S/C15H22O2/c1-8-6-11-7-14(17)10(3)9(2)12(16)15(8,14)13(11,4)5/h6,10-11,16-17H,7H2,1-5H3/t10-,11?,14+,15?/m1/s1. The van der Waals surface area contributed by atoms with Gasteiger partial charge in [-0.2, -0.15) is 0 Å². The van der Waals surface area contributed by atoms with E-state index in [0.29, 0.717) is 11.7 Å². The minimum atomic E-state index is -0.784. The summed E-state index contributed by atoms with van der Waals surface area (Å²) in [7, 11) is 0. The van der Waals surface area contributed by atoms with Crippen molar-refractivity contribution in [2.45, 2.75) is 46.6 Å². The molecule has 2 unspecified atom stereocenters. The van der Waals surface area contributed by atoms with Gasteiger partial charge in [0, 0.05) is 5.92 Å². The van der Waals surface area contributed by atoms with E-state index in [0.717, 1.165) is 17.6 Å². The van der Waals surface area contributed by atoms with Crippen LogP contribution in [0.1, 0.15) is 41.0 Å². The zero-order valence-corrected chi connectivity index (χ0v) is 11.3. The highest BCUT2D eigenvalue weighted by atomic mass is 16.3. The van der Waals surface area contributed by atoms with Crippen LogP contribution in [0.5, 0.6) is 0 Å². The van der Waals surface area contributed by atoms with E-state index in [1.54, 1.807) is 0 Å². The molecular weight excluding hydrogens is 212 g/mol. The SMILES string of the molecule is CC1=CC2C[C@]3(O)[C@H](C)C(C)=C(O)C13C2(C)C. The third-order valence-electron chi connectivity index (χ3n) is 6.21. The first-order chi connectivity index (χ1) is 7.71. The number of hydrogen-bond acceptors (Lipinski definition) is 2. The number of fused-ring (bicyclic) bond motifs is 1. The molecule has 0 aromatic heterocycles. The van der Waals surface area contributed by atoms with Crippen LogP contribution in [0.25, 0.3) is 0 Å². The maximum Gasteiger partial charge on any atom is 0.105 e. The largest absolute Gasteiger partial charge is 0.511 e. The second-order valence-corrected chi connectivity index (χ2v) is 6.81. The third kappa shape index (κ3) is 0.788. The molecule has 17 heavy (non-hydrogen) atoms. The molecule has 2 nitrogen and oxygen atoms in total. The first kappa shape index (κ1) is 11.3. The molecule has 3 aliphatic carbocycles. The van der Waals surface area contributed by atoms with Gasteiger partial charge in [-0.1, -0.05) is 32.4 Å². The van der Waals surface area contributed by atoms with E-state index in [1.165, 1.54) is 0 Å². The van der Waals surface area contributed by atoms with Gasteiger partial charge in [-0.15, -0.1) is 0 Å². The van der Waals surface area contributed by atoms with Crippen LogP contribution in [0.3, 0.4) is 0 Å². The van der Waals surface area contributed by atoms with Gasteiger partial charge in [0.05, 0.1) is 11.0 Å². The zero-order chi connectivity index (χ0) is 12.8. The number of hydrogen-bond donors (Lipinski definition) is 2. The van der Waals surface area contributed by atoms with Crippen molar-refractivity contribution >= 4 is 0 Å². The van der Waals surface area contributed by atoms with Crippen LogP contribution in [-0.2, 0) is 0 Å². The molecule has 2 N–H and O–H groups in total. The Labute approximate surface area is 103 Å². The van der Waals surface area contributed by atoms with Crippen LogP contribution in [0, 0.1) is 22.7 Å². The lowest BCUT2D eigenvalue weighted by atomic mass is 9.60. The lowest BCUT2D eigenvalue weighted by Gasteiger charge is -2.46. The molecule has 0 aromatic carbocycles. The van der Waals surface area contributed by atoms with E-state index in [-0.39, 0.29) is 11.3 Å². The summed E-state index contributed by atoms with van der Waals surface area (Å²) in [6, 6.07) is 0. The minimum absolute atomic E-state index is 0.0513. The van der Waals surface area contributed by atoms with Gasteiger partial charge in [0.2, 0.25) is 0 Å². The van der Waals surface area contributed by atoms with Gasteiger partial charge in [-0.3, -0.25) is 0 Å². The summed E-state index contributed by atoms with van der Waals surface area (Å²) in [6.45, 7) is 10.4. The molecule has 0 amide bonds. The quantitative estimate of drug-likeness (QED) is 0.632. The molecule has 2 bridgehead atoms. The predicted molar refractivity (Wildman–Crippen MR) is 67.5 cm³/mol. The van der Waals surface area contributed by atoms with Gasteiger partial charge in [-0.25, -0.2) is 0 Å². The van der Waals surface area contributed by atoms with Crippen LogP contribution in [0.2, 0.25) is 0 Å².